The van der Waals surface area contributed by atoms with Crippen molar-refractivity contribution >= 4 is 11.4 Å². The molecule has 6 heteroatoms. The Hall–Kier alpha value is 1.62. The second-order valence-electron chi connectivity index (χ2n) is 0.231. The first-order chi connectivity index (χ1) is 1.73. The maximum absolute atomic E-state index is 8.67. The van der Waals surface area contributed by atoms with Gasteiger partial charge in [0.05, 0.1) is 0 Å². The standard InChI is InChI=1S/Cd.H2O3S.Zn/c;1-4(2)3;/h;(H2,1,2,3);. The van der Waals surface area contributed by atoms with E-state index in [2.05, 4.69) is 0 Å². The van der Waals surface area contributed by atoms with Gasteiger partial charge in [0, 0.05) is 46.8 Å². The van der Waals surface area contributed by atoms with Gasteiger partial charge < -0.3 is 0 Å². The summed E-state index contributed by atoms with van der Waals surface area (Å²) in [6, 6.07) is 0. The third-order valence-electron chi connectivity index (χ3n) is 0. The topological polar surface area (TPSA) is 57.5 Å². The van der Waals surface area contributed by atoms with Crippen LogP contribution in [0, 0.1) is 0 Å². The van der Waals surface area contributed by atoms with Crippen LogP contribution in [-0.4, -0.2) is 13.3 Å². The molecule has 0 saturated carbocycles. The minimum absolute atomic E-state index is 0. The normalized spacial score (nSPS) is 5.83. The minimum Gasteiger partial charge on any atom is -0.284 e. The van der Waals surface area contributed by atoms with Crippen LogP contribution in [0.5, 0.6) is 0 Å². The quantitative estimate of drug-likeness (QED) is 0.463. The maximum Gasteiger partial charge on any atom is 0.299 e. The molecule has 0 bridgehead atoms. The van der Waals surface area contributed by atoms with E-state index in [1.54, 1.807) is 0 Å². The van der Waals surface area contributed by atoms with Crippen molar-refractivity contribution in [3.63, 3.8) is 0 Å². The van der Waals surface area contributed by atoms with Crippen LogP contribution in [0.2, 0.25) is 0 Å². The summed E-state index contributed by atoms with van der Waals surface area (Å²) < 4.78 is 22.8. The van der Waals surface area contributed by atoms with Crippen LogP contribution in [0.15, 0.2) is 0 Å². The van der Waals surface area contributed by atoms with E-state index in [0.29, 0.717) is 0 Å². The monoisotopic (exact) mass is 260 g/mol. The molecule has 0 aromatic heterocycles. The first kappa shape index (κ1) is 15.6. The molecule has 0 aromatic rings. The van der Waals surface area contributed by atoms with E-state index in [1.807, 2.05) is 0 Å². The smallest absolute Gasteiger partial charge is 0.284 e. The molecule has 0 aliphatic rings. The molecule has 0 fully saturated rings. The van der Waals surface area contributed by atoms with Gasteiger partial charge in [-0.15, -0.1) is 0 Å². The minimum atomic E-state index is -2.61. The average Bonchev–Trinajstić information content (AvgIpc) is 0.811. The molecule has 0 spiro atoms. The van der Waals surface area contributed by atoms with E-state index in [1.165, 1.54) is 0 Å². The van der Waals surface area contributed by atoms with Gasteiger partial charge in [-0.1, -0.05) is 0 Å². The van der Waals surface area contributed by atoms with Crippen molar-refractivity contribution in [1.29, 1.82) is 0 Å². The van der Waals surface area contributed by atoms with Crippen LogP contribution in [-0.2, 0) is 58.1 Å². The van der Waals surface area contributed by atoms with E-state index < -0.39 is 11.4 Å². The summed E-state index contributed by atoms with van der Waals surface area (Å²) in [5, 5.41) is 0. The first-order valence-electron chi connectivity index (χ1n) is 0.532. The van der Waals surface area contributed by atoms with Gasteiger partial charge >= 0.3 is 0 Å². The SMILES string of the molecule is O=S(O)O.[Cd].[Zn]. The molecule has 0 radical (unpaired) electrons. The Morgan fingerprint density at radius 1 is 1.33 bits per heavy atom. The Labute approximate surface area is 70.9 Å². The summed E-state index contributed by atoms with van der Waals surface area (Å²) in [4.78, 5) is 0. The molecule has 0 aliphatic carbocycles. The van der Waals surface area contributed by atoms with E-state index in [-0.39, 0.29) is 46.8 Å². The zero-order valence-electron chi connectivity index (χ0n) is 3.13. The molecule has 0 atom stereocenters. The first-order valence-corrected chi connectivity index (χ1v) is 1.60. The van der Waals surface area contributed by atoms with Crippen molar-refractivity contribution in [3.05, 3.63) is 0 Å². The van der Waals surface area contributed by atoms with Gasteiger partial charge in [0.15, 0.2) is 0 Å². The van der Waals surface area contributed by atoms with Crippen LogP contribution < -0.4 is 0 Å². The molecule has 0 aromatic carbocycles. The largest absolute Gasteiger partial charge is 0.299 e. The summed E-state index contributed by atoms with van der Waals surface area (Å²) in [5.74, 6) is 0. The van der Waals surface area contributed by atoms with Crippen LogP contribution in [0.3, 0.4) is 0 Å². The van der Waals surface area contributed by atoms with Crippen molar-refractivity contribution < 1.29 is 60.1 Å². The third kappa shape index (κ3) is 45.8. The predicted molar refractivity (Wildman–Crippen MR) is 13.4 cm³/mol. The summed E-state index contributed by atoms with van der Waals surface area (Å²) in [7, 11) is 0. The van der Waals surface area contributed by atoms with Crippen LogP contribution in [0.25, 0.3) is 0 Å². The molecule has 30 valence electrons. The van der Waals surface area contributed by atoms with Gasteiger partial charge in [-0.25, -0.2) is 0 Å². The van der Waals surface area contributed by atoms with Gasteiger partial charge in [0.1, 0.15) is 0 Å². The van der Waals surface area contributed by atoms with Crippen LogP contribution in [0.1, 0.15) is 0 Å². The van der Waals surface area contributed by atoms with Crippen molar-refractivity contribution in [2.24, 2.45) is 0 Å². The van der Waals surface area contributed by atoms with Crippen molar-refractivity contribution in [3.8, 4) is 0 Å². The molecular formula is H2CdO3SZn. The molecule has 2 N–H and O–H groups in total. The Morgan fingerprint density at radius 3 is 1.33 bits per heavy atom. The molecule has 0 unspecified atom stereocenters. The fourth-order valence-electron chi connectivity index (χ4n) is 0. The Kier molecular flexibility index (Phi) is 25.5. The van der Waals surface area contributed by atoms with Crippen LogP contribution >= 0.6 is 0 Å². The van der Waals surface area contributed by atoms with Crippen molar-refractivity contribution in [2.75, 3.05) is 0 Å². The van der Waals surface area contributed by atoms with Gasteiger partial charge in [0.25, 0.3) is 11.4 Å². The van der Waals surface area contributed by atoms with Crippen molar-refractivity contribution in [1.82, 2.24) is 0 Å². The van der Waals surface area contributed by atoms with E-state index in [9.17, 15) is 0 Å². The second-order valence-corrected chi connectivity index (χ2v) is 0.692. The number of hydrogen-bond donors (Lipinski definition) is 2. The summed E-state index contributed by atoms with van der Waals surface area (Å²) in [6.07, 6.45) is 0. The van der Waals surface area contributed by atoms with Gasteiger partial charge in [-0.05, 0) is 0 Å². The predicted octanol–water partition coefficient (Wildman–Crippen LogP) is -0.324. The van der Waals surface area contributed by atoms with Gasteiger partial charge in [-0.2, -0.15) is 4.21 Å². The second kappa shape index (κ2) is 9.79. The van der Waals surface area contributed by atoms with Gasteiger partial charge in [0.2, 0.25) is 0 Å². The molecule has 0 saturated heterocycles. The molecule has 0 amide bonds. The fraction of sp³-hybridized carbons (Fsp3) is 0. The molecular weight excluding hydrogens is 258 g/mol. The molecule has 0 rings (SSSR count). The maximum atomic E-state index is 8.67. The fourth-order valence-corrected chi connectivity index (χ4v) is 0. The van der Waals surface area contributed by atoms with E-state index >= 15 is 0 Å². The van der Waals surface area contributed by atoms with Crippen LogP contribution in [0.4, 0.5) is 0 Å². The van der Waals surface area contributed by atoms with E-state index in [4.69, 9.17) is 13.3 Å². The Morgan fingerprint density at radius 2 is 1.33 bits per heavy atom. The summed E-state index contributed by atoms with van der Waals surface area (Å²) in [6.45, 7) is 0. The Bertz CT molecular complexity index is 33.8. The average molecular weight is 260 g/mol. The molecule has 0 heterocycles. The summed E-state index contributed by atoms with van der Waals surface area (Å²) in [5.41, 5.74) is 0. The number of rotatable bonds is 0. The molecule has 0 aliphatic heterocycles. The molecule has 6 heavy (non-hydrogen) atoms. The summed E-state index contributed by atoms with van der Waals surface area (Å²) >= 11 is -2.61. The number of hydrogen-bond acceptors (Lipinski definition) is 1. The van der Waals surface area contributed by atoms with Gasteiger partial charge in [-0.3, -0.25) is 9.11 Å². The third-order valence-corrected chi connectivity index (χ3v) is 0. The zero-order chi connectivity index (χ0) is 3.58. The Balaban J connectivity index is -0.0000000450. The molecule has 3 nitrogen and oxygen atoms in total. The zero-order valence-corrected chi connectivity index (χ0v) is 10.9. The van der Waals surface area contributed by atoms with Crippen molar-refractivity contribution in [2.45, 2.75) is 0 Å². The van der Waals surface area contributed by atoms with E-state index in [0.717, 1.165) is 0 Å².